The predicted octanol–water partition coefficient (Wildman–Crippen LogP) is 6.47. The number of anilines is 1. The Hall–Kier alpha value is -3.20. The number of nitrogens with zero attached hydrogens (tertiary/aromatic N) is 1. The summed E-state index contributed by atoms with van der Waals surface area (Å²) in [6.45, 7) is 15.3. The van der Waals surface area contributed by atoms with Crippen molar-refractivity contribution >= 4 is 36.2 Å². The molecule has 3 atom stereocenters. The van der Waals surface area contributed by atoms with E-state index in [1.54, 1.807) is 57.0 Å². The maximum atomic E-state index is 14.3. The van der Waals surface area contributed by atoms with Crippen molar-refractivity contribution in [2.45, 2.75) is 92.0 Å². The minimum Gasteiger partial charge on any atom is -0.497 e. The number of carbonyl (C=O) groups is 3. The zero-order chi connectivity index (χ0) is 30.9. The molecule has 0 saturated heterocycles. The van der Waals surface area contributed by atoms with Gasteiger partial charge in [-0.25, -0.2) is 4.79 Å². The molecule has 9 heteroatoms. The fraction of sp³-hybridized carbons (Fsp3) is 0.531. The average Bonchev–Trinajstić information content (AvgIpc) is 2.88. The van der Waals surface area contributed by atoms with E-state index in [0.717, 1.165) is 23.1 Å². The minimum atomic E-state index is -1.00. The van der Waals surface area contributed by atoms with Gasteiger partial charge < -0.3 is 25.0 Å². The molecule has 0 saturated carbocycles. The molecule has 0 aliphatic rings. The van der Waals surface area contributed by atoms with Gasteiger partial charge in [-0.05, 0) is 101 Å². The first-order chi connectivity index (χ1) is 19.2. The Labute approximate surface area is 251 Å². The number of amides is 3. The zero-order valence-electron chi connectivity index (χ0n) is 25.9. The van der Waals surface area contributed by atoms with E-state index in [4.69, 9.17) is 9.47 Å². The van der Waals surface area contributed by atoms with Gasteiger partial charge in [0.2, 0.25) is 5.91 Å². The van der Waals surface area contributed by atoms with E-state index in [-0.39, 0.29) is 17.7 Å². The smallest absolute Gasteiger partial charge is 0.408 e. The Kier molecular flexibility index (Phi) is 12.6. The van der Waals surface area contributed by atoms with Gasteiger partial charge in [-0.15, -0.1) is 0 Å². The third kappa shape index (κ3) is 9.99. The molecule has 0 bridgehead atoms. The molecule has 41 heavy (non-hydrogen) atoms. The van der Waals surface area contributed by atoms with Gasteiger partial charge in [0.05, 0.1) is 7.11 Å². The molecule has 2 aromatic rings. The van der Waals surface area contributed by atoms with E-state index in [1.165, 1.54) is 0 Å². The van der Waals surface area contributed by atoms with Crippen molar-refractivity contribution in [2.24, 2.45) is 5.92 Å². The van der Waals surface area contributed by atoms with Crippen LogP contribution >= 0.6 is 12.6 Å². The molecular weight excluding hydrogens is 538 g/mol. The standard InChI is InChI=1S/C32H47N3O5S/c1-20(2)13-14-23(5)35(30(37)26(19-41)34-31(38)40-32(6,7)8)28(27-21(3)11-10-12-22(27)4)29(36)33-24-15-17-25(39-9)18-16-24/h10-12,15-18,20,23,26,28,41H,13-14,19H2,1-9H3,(H,33,36)(H,34,38). The first-order valence-electron chi connectivity index (χ1n) is 14.1. The van der Waals surface area contributed by atoms with E-state index in [9.17, 15) is 14.4 Å². The van der Waals surface area contributed by atoms with Gasteiger partial charge in [-0.1, -0.05) is 32.0 Å². The predicted molar refractivity (Wildman–Crippen MR) is 168 cm³/mol. The molecule has 2 N–H and O–H groups in total. The fourth-order valence-corrected chi connectivity index (χ4v) is 4.92. The minimum absolute atomic E-state index is 0.0328. The molecule has 0 spiro atoms. The largest absolute Gasteiger partial charge is 0.497 e. The summed E-state index contributed by atoms with van der Waals surface area (Å²) in [6, 6.07) is 10.6. The quantitative estimate of drug-likeness (QED) is 0.248. The number of methoxy groups -OCH3 is 1. The van der Waals surface area contributed by atoms with Crippen LogP contribution in [0.25, 0.3) is 0 Å². The lowest BCUT2D eigenvalue weighted by atomic mass is 9.91. The van der Waals surface area contributed by atoms with E-state index in [2.05, 4.69) is 37.1 Å². The average molecular weight is 586 g/mol. The van der Waals surface area contributed by atoms with Crippen LogP contribution in [0.4, 0.5) is 10.5 Å². The topological polar surface area (TPSA) is 97.0 Å². The summed E-state index contributed by atoms with van der Waals surface area (Å²) < 4.78 is 10.7. The van der Waals surface area contributed by atoms with Gasteiger partial charge in [0.15, 0.2) is 0 Å². The third-order valence-corrected chi connectivity index (χ3v) is 7.13. The first-order valence-corrected chi connectivity index (χ1v) is 14.7. The highest BCUT2D eigenvalue weighted by Crippen LogP contribution is 2.33. The maximum Gasteiger partial charge on any atom is 0.408 e. The Bertz CT molecular complexity index is 1160. The van der Waals surface area contributed by atoms with Crippen molar-refractivity contribution in [2.75, 3.05) is 18.2 Å². The number of alkyl carbamates (subject to hydrolysis) is 1. The molecule has 0 aromatic heterocycles. The number of hydrogen-bond acceptors (Lipinski definition) is 6. The number of ether oxygens (including phenoxy) is 2. The van der Waals surface area contributed by atoms with Crippen LogP contribution < -0.4 is 15.4 Å². The van der Waals surface area contributed by atoms with Crippen LogP contribution in [0.1, 0.15) is 77.1 Å². The molecule has 0 aliphatic carbocycles. The number of hydrogen-bond donors (Lipinski definition) is 3. The molecule has 3 unspecified atom stereocenters. The van der Waals surface area contributed by atoms with E-state index in [0.29, 0.717) is 23.8 Å². The Morgan fingerprint density at radius 3 is 2.02 bits per heavy atom. The van der Waals surface area contributed by atoms with Crippen LogP contribution in [0, 0.1) is 19.8 Å². The van der Waals surface area contributed by atoms with Crippen LogP contribution in [0.5, 0.6) is 5.75 Å². The van der Waals surface area contributed by atoms with Crippen LogP contribution in [0.15, 0.2) is 42.5 Å². The zero-order valence-corrected chi connectivity index (χ0v) is 26.8. The van der Waals surface area contributed by atoms with Crippen LogP contribution in [-0.2, 0) is 14.3 Å². The highest BCUT2D eigenvalue weighted by atomic mass is 32.1. The van der Waals surface area contributed by atoms with Crippen molar-refractivity contribution in [1.29, 1.82) is 0 Å². The number of aryl methyl sites for hydroxylation is 2. The summed E-state index contributed by atoms with van der Waals surface area (Å²) in [5.41, 5.74) is 2.36. The molecule has 0 aliphatic heterocycles. The van der Waals surface area contributed by atoms with Crippen molar-refractivity contribution in [3.8, 4) is 5.75 Å². The highest BCUT2D eigenvalue weighted by molar-refractivity contribution is 7.80. The highest BCUT2D eigenvalue weighted by Gasteiger charge is 2.39. The lowest BCUT2D eigenvalue weighted by Crippen LogP contribution is -2.56. The SMILES string of the molecule is COc1ccc(NC(=O)C(c2c(C)cccc2C)N(C(=O)C(CS)NC(=O)OC(C)(C)C)C(C)CCC(C)C)cc1. The number of rotatable bonds is 12. The molecule has 0 fully saturated rings. The van der Waals surface area contributed by atoms with Crippen molar-refractivity contribution < 1.29 is 23.9 Å². The Morgan fingerprint density at radius 1 is 0.951 bits per heavy atom. The molecule has 2 aromatic carbocycles. The molecule has 226 valence electrons. The first kappa shape index (κ1) is 34.0. The van der Waals surface area contributed by atoms with Crippen LogP contribution in [0.3, 0.4) is 0 Å². The lowest BCUT2D eigenvalue weighted by Gasteiger charge is -2.39. The Balaban J connectivity index is 2.63. The number of nitrogens with one attached hydrogen (secondary N) is 2. The van der Waals surface area contributed by atoms with Crippen molar-refractivity contribution in [3.05, 3.63) is 59.2 Å². The summed E-state index contributed by atoms with van der Waals surface area (Å²) in [4.78, 5) is 42.9. The van der Waals surface area contributed by atoms with Gasteiger partial charge >= 0.3 is 6.09 Å². The second-order valence-corrected chi connectivity index (χ2v) is 12.2. The monoisotopic (exact) mass is 585 g/mol. The second-order valence-electron chi connectivity index (χ2n) is 11.9. The fourth-order valence-electron chi connectivity index (χ4n) is 4.67. The van der Waals surface area contributed by atoms with Gasteiger partial charge in [-0.2, -0.15) is 12.6 Å². The summed E-state index contributed by atoms with van der Waals surface area (Å²) in [5.74, 6) is 0.345. The maximum absolute atomic E-state index is 14.3. The van der Waals surface area contributed by atoms with Crippen molar-refractivity contribution in [3.63, 3.8) is 0 Å². The lowest BCUT2D eigenvalue weighted by molar-refractivity contribution is -0.143. The van der Waals surface area contributed by atoms with Gasteiger partial charge in [0.25, 0.3) is 5.91 Å². The molecule has 0 radical (unpaired) electrons. The van der Waals surface area contributed by atoms with Gasteiger partial charge in [-0.3, -0.25) is 9.59 Å². The summed E-state index contributed by atoms with van der Waals surface area (Å²) in [5, 5.41) is 5.70. The van der Waals surface area contributed by atoms with Gasteiger partial charge in [0, 0.05) is 17.5 Å². The molecule has 0 heterocycles. The van der Waals surface area contributed by atoms with E-state index < -0.39 is 29.7 Å². The molecular formula is C32H47N3O5S. The molecule has 2 rings (SSSR count). The van der Waals surface area contributed by atoms with E-state index in [1.807, 2.05) is 39.0 Å². The summed E-state index contributed by atoms with van der Waals surface area (Å²) in [6.07, 6.45) is 0.813. The summed E-state index contributed by atoms with van der Waals surface area (Å²) >= 11 is 4.41. The molecule has 8 nitrogen and oxygen atoms in total. The van der Waals surface area contributed by atoms with Crippen LogP contribution in [-0.4, -0.2) is 53.4 Å². The van der Waals surface area contributed by atoms with Crippen molar-refractivity contribution in [1.82, 2.24) is 10.2 Å². The van der Waals surface area contributed by atoms with Gasteiger partial charge in [0.1, 0.15) is 23.4 Å². The third-order valence-electron chi connectivity index (χ3n) is 6.76. The summed E-state index contributed by atoms with van der Waals surface area (Å²) in [7, 11) is 1.58. The number of carbonyl (C=O) groups excluding carboxylic acids is 3. The van der Waals surface area contributed by atoms with E-state index >= 15 is 0 Å². The van der Waals surface area contributed by atoms with Crippen LogP contribution in [0.2, 0.25) is 0 Å². The number of thiol groups is 1. The second kappa shape index (κ2) is 15.1. The normalized spacial score (nSPS) is 13.6. The Morgan fingerprint density at radius 2 is 1.54 bits per heavy atom. The number of benzene rings is 2. The molecule has 3 amide bonds.